The summed E-state index contributed by atoms with van der Waals surface area (Å²) in [4.78, 5) is 12.7. The number of carbonyl (C=O) groups excluding carboxylic acids is 1. The van der Waals surface area contributed by atoms with Crippen molar-refractivity contribution < 1.29 is 18.7 Å². The number of fused-ring (bicyclic) bond motifs is 1. The normalized spacial score (nSPS) is 15.6. The lowest BCUT2D eigenvalue weighted by molar-refractivity contribution is 0.0739. The Bertz CT molecular complexity index is 1090. The Morgan fingerprint density at radius 1 is 1.30 bits per heavy atom. The van der Waals surface area contributed by atoms with Crippen LogP contribution in [0.2, 0.25) is 0 Å². The number of rotatable bonds is 3. The summed E-state index contributed by atoms with van der Waals surface area (Å²) in [5, 5.41) is 11.3. The molecule has 134 valence electrons. The minimum Gasteiger partial charge on any atom is -0.465 e. The van der Waals surface area contributed by atoms with Crippen LogP contribution in [0.3, 0.4) is 0 Å². The summed E-state index contributed by atoms with van der Waals surface area (Å²) in [6, 6.07) is 14.2. The van der Waals surface area contributed by atoms with Crippen molar-refractivity contribution >= 4 is 17.3 Å². The topological polar surface area (TPSA) is 98.5 Å². The summed E-state index contributed by atoms with van der Waals surface area (Å²) < 4.78 is 16.7. The molecule has 1 unspecified atom stereocenters. The molecule has 2 aromatic heterocycles. The maximum atomic E-state index is 12.1. The molecule has 0 spiro atoms. The Hall–Kier alpha value is -3.50. The second-order valence-corrected chi connectivity index (χ2v) is 6.89. The molecule has 0 aliphatic carbocycles. The van der Waals surface area contributed by atoms with Crippen LogP contribution >= 0.6 is 11.3 Å². The molecule has 0 bridgehead atoms. The summed E-state index contributed by atoms with van der Waals surface area (Å²) in [5.41, 5.74) is 6.95. The molecule has 1 aliphatic rings. The summed E-state index contributed by atoms with van der Waals surface area (Å²) in [5.74, 6) is 1.16. The Morgan fingerprint density at radius 3 is 2.81 bits per heavy atom. The highest BCUT2D eigenvalue weighted by Crippen LogP contribution is 2.43. The van der Waals surface area contributed by atoms with Crippen LogP contribution in [-0.4, -0.2) is 5.97 Å². The SMILES string of the molecule is Cc1ccc(C2C(C#N)=C(N)Oc3cc(OC(=O)c4cccs4)ccc32)o1. The van der Waals surface area contributed by atoms with Gasteiger partial charge in [0.15, 0.2) is 0 Å². The van der Waals surface area contributed by atoms with E-state index in [1.54, 1.807) is 35.7 Å². The highest BCUT2D eigenvalue weighted by Gasteiger charge is 2.33. The molecule has 1 atom stereocenters. The van der Waals surface area contributed by atoms with Gasteiger partial charge in [-0.3, -0.25) is 0 Å². The van der Waals surface area contributed by atoms with Gasteiger partial charge in [-0.15, -0.1) is 11.3 Å². The number of nitriles is 1. The van der Waals surface area contributed by atoms with Crippen molar-refractivity contribution in [3.63, 3.8) is 0 Å². The summed E-state index contributed by atoms with van der Waals surface area (Å²) in [6.07, 6.45) is 0. The van der Waals surface area contributed by atoms with Gasteiger partial charge >= 0.3 is 5.97 Å². The number of aryl methyl sites for hydroxylation is 1. The zero-order chi connectivity index (χ0) is 19.0. The average molecular weight is 378 g/mol. The van der Waals surface area contributed by atoms with Crippen molar-refractivity contribution in [2.75, 3.05) is 0 Å². The zero-order valence-electron chi connectivity index (χ0n) is 14.3. The molecule has 1 aromatic carbocycles. The number of furan rings is 1. The first-order valence-corrected chi connectivity index (χ1v) is 8.98. The van der Waals surface area contributed by atoms with Crippen LogP contribution in [0.25, 0.3) is 0 Å². The monoisotopic (exact) mass is 378 g/mol. The largest absolute Gasteiger partial charge is 0.465 e. The highest BCUT2D eigenvalue weighted by atomic mass is 32.1. The molecule has 27 heavy (non-hydrogen) atoms. The van der Waals surface area contributed by atoms with Crippen LogP contribution < -0.4 is 15.2 Å². The maximum Gasteiger partial charge on any atom is 0.353 e. The lowest BCUT2D eigenvalue weighted by Crippen LogP contribution is -2.21. The molecule has 6 nitrogen and oxygen atoms in total. The van der Waals surface area contributed by atoms with E-state index in [2.05, 4.69) is 6.07 Å². The molecular formula is C20H14N2O4S. The van der Waals surface area contributed by atoms with E-state index in [1.807, 2.05) is 19.1 Å². The molecular weight excluding hydrogens is 364 g/mol. The molecule has 0 saturated carbocycles. The third-order valence-electron chi connectivity index (χ3n) is 4.17. The fraction of sp³-hybridized carbons (Fsp3) is 0.100. The fourth-order valence-electron chi connectivity index (χ4n) is 2.95. The predicted octanol–water partition coefficient (Wildman–Crippen LogP) is 4.09. The van der Waals surface area contributed by atoms with Crippen LogP contribution in [0.4, 0.5) is 0 Å². The average Bonchev–Trinajstić information content (AvgIpc) is 3.32. The van der Waals surface area contributed by atoms with Crippen LogP contribution in [0, 0.1) is 18.3 Å². The van der Waals surface area contributed by atoms with Gasteiger partial charge in [0, 0.05) is 11.6 Å². The molecule has 3 aromatic rings. The van der Waals surface area contributed by atoms with Crippen molar-refractivity contribution in [1.82, 2.24) is 0 Å². The van der Waals surface area contributed by atoms with Gasteiger partial charge in [0.05, 0.1) is 5.92 Å². The highest BCUT2D eigenvalue weighted by molar-refractivity contribution is 7.12. The Morgan fingerprint density at radius 2 is 2.15 bits per heavy atom. The molecule has 2 N–H and O–H groups in total. The summed E-state index contributed by atoms with van der Waals surface area (Å²) in [6.45, 7) is 1.83. The van der Waals surface area contributed by atoms with E-state index in [9.17, 15) is 10.1 Å². The second-order valence-electron chi connectivity index (χ2n) is 5.94. The molecule has 0 radical (unpaired) electrons. The predicted molar refractivity (Wildman–Crippen MR) is 98.5 cm³/mol. The number of thiophene rings is 1. The third-order valence-corrected chi connectivity index (χ3v) is 5.02. The number of hydrogen-bond donors (Lipinski definition) is 1. The van der Waals surface area contributed by atoms with E-state index in [4.69, 9.17) is 19.6 Å². The maximum absolute atomic E-state index is 12.1. The van der Waals surface area contributed by atoms with E-state index in [1.165, 1.54) is 11.3 Å². The first kappa shape index (κ1) is 16.9. The van der Waals surface area contributed by atoms with Crippen molar-refractivity contribution in [2.45, 2.75) is 12.8 Å². The third kappa shape index (κ3) is 3.07. The number of carbonyl (C=O) groups is 1. The van der Waals surface area contributed by atoms with Crippen molar-refractivity contribution in [3.05, 3.63) is 81.3 Å². The fourth-order valence-corrected chi connectivity index (χ4v) is 3.55. The van der Waals surface area contributed by atoms with E-state index in [0.29, 0.717) is 27.7 Å². The van der Waals surface area contributed by atoms with Gasteiger partial charge in [0.1, 0.15) is 39.5 Å². The molecule has 3 heterocycles. The summed E-state index contributed by atoms with van der Waals surface area (Å²) >= 11 is 1.30. The van der Waals surface area contributed by atoms with E-state index in [0.717, 1.165) is 5.76 Å². The minimum absolute atomic E-state index is 0.00536. The molecule has 4 rings (SSSR count). The molecule has 1 aliphatic heterocycles. The van der Waals surface area contributed by atoms with Crippen molar-refractivity contribution in [3.8, 4) is 17.6 Å². The van der Waals surface area contributed by atoms with Crippen LogP contribution in [0.15, 0.2) is 63.7 Å². The van der Waals surface area contributed by atoms with Gasteiger partial charge in [0.2, 0.25) is 5.88 Å². The minimum atomic E-state index is -0.477. The lowest BCUT2D eigenvalue weighted by Gasteiger charge is -2.25. The molecule has 7 heteroatoms. The Balaban J connectivity index is 1.71. The van der Waals surface area contributed by atoms with Crippen molar-refractivity contribution in [2.24, 2.45) is 5.73 Å². The quantitative estimate of drug-likeness (QED) is 0.544. The second kappa shape index (κ2) is 6.67. The van der Waals surface area contributed by atoms with Crippen LogP contribution in [0.1, 0.15) is 32.7 Å². The van der Waals surface area contributed by atoms with E-state index < -0.39 is 11.9 Å². The molecule has 0 fully saturated rings. The first-order chi connectivity index (χ1) is 13.1. The number of nitrogens with two attached hydrogens (primary N) is 1. The zero-order valence-corrected chi connectivity index (χ0v) is 15.1. The number of hydrogen-bond acceptors (Lipinski definition) is 7. The van der Waals surface area contributed by atoms with Crippen LogP contribution in [0.5, 0.6) is 11.5 Å². The van der Waals surface area contributed by atoms with Gasteiger partial charge in [-0.25, -0.2) is 4.79 Å². The van der Waals surface area contributed by atoms with Crippen LogP contribution in [-0.2, 0) is 0 Å². The first-order valence-electron chi connectivity index (χ1n) is 8.10. The smallest absolute Gasteiger partial charge is 0.353 e. The van der Waals surface area contributed by atoms with E-state index in [-0.39, 0.29) is 11.5 Å². The Kier molecular flexibility index (Phi) is 4.18. The van der Waals surface area contributed by atoms with Crippen molar-refractivity contribution in [1.29, 1.82) is 5.26 Å². The van der Waals surface area contributed by atoms with Gasteiger partial charge in [0.25, 0.3) is 0 Å². The number of benzene rings is 1. The summed E-state index contributed by atoms with van der Waals surface area (Å²) in [7, 11) is 0. The Labute approximate surface area is 159 Å². The lowest BCUT2D eigenvalue weighted by atomic mass is 9.87. The number of allylic oxidation sites excluding steroid dienone is 1. The number of esters is 1. The van der Waals surface area contributed by atoms with Gasteiger partial charge < -0.3 is 19.6 Å². The van der Waals surface area contributed by atoms with E-state index >= 15 is 0 Å². The number of ether oxygens (including phenoxy) is 2. The van der Waals surface area contributed by atoms with Gasteiger partial charge in [-0.1, -0.05) is 12.1 Å². The molecule has 0 saturated heterocycles. The van der Waals surface area contributed by atoms with Gasteiger partial charge in [-0.05, 0) is 36.6 Å². The molecule has 0 amide bonds. The number of nitrogens with zero attached hydrogens (tertiary/aromatic N) is 1. The van der Waals surface area contributed by atoms with Gasteiger partial charge in [-0.2, -0.15) is 5.26 Å². The standard InChI is InChI=1S/C20H14N2O4S/c1-11-4-7-15(24-11)18-13-6-5-12(25-20(23)17-3-2-8-27-17)9-16(13)26-19(22)14(18)10-21/h2-9,18H,22H2,1H3.